The average Bonchev–Trinajstić information content (AvgIpc) is 2.45. The molecule has 4 fully saturated rings. The zero-order valence-electron chi connectivity index (χ0n) is 12.4. The lowest BCUT2D eigenvalue weighted by Crippen LogP contribution is -2.46. The third kappa shape index (κ3) is 2.43. The molecule has 0 N–H and O–H groups in total. The SMILES string of the molecule is COc1ccc(C(Cl)C2C3CC4CC(C3)CC2C4)cc1Br. The molecule has 1 aromatic rings. The molecule has 4 saturated carbocycles. The standard InChI is InChI=1S/C18H22BrClO/c1-21-16-3-2-12(9-15(16)19)18(20)17-13-5-10-4-11(7-13)8-14(17)6-10/h2-3,9-11,13-14,17-18H,4-8H2,1H3. The molecule has 21 heavy (non-hydrogen) atoms. The van der Waals surface area contributed by atoms with Crippen LogP contribution in [0.4, 0.5) is 0 Å². The highest BCUT2D eigenvalue weighted by Gasteiger charge is 2.50. The zero-order valence-corrected chi connectivity index (χ0v) is 14.7. The summed E-state index contributed by atoms with van der Waals surface area (Å²) in [4.78, 5) is 0. The molecule has 0 heterocycles. The molecule has 0 amide bonds. The first-order valence-corrected chi connectivity index (χ1v) is 9.36. The highest BCUT2D eigenvalue weighted by molar-refractivity contribution is 9.10. The summed E-state index contributed by atoms with van der Waals surface area (Å²) >= 11 is 10.5. The van der Waals surface area contributed by atoms with Crippen LogP contribution in [0.1, 0.15) is 43.0 Å². The van der Waals surface area contributed by atoms with Gasteiger partial charge >= 0.3 is 0 Å². The van der Waals surface area contributed by atoms with Crippen molar-refractivity contribution in [1.29, 1.82) is 0 Å². The van der Waals surface area contributed by atoms with Crippen molar-refractivity contribution in [3.8, 4) is 5.75 Å². The molecule has 5 rings (SSSR count). The van der Waals surface area contributed by atoms with Gasteiger partial charge in [0.05, 0.1) is 17.0 Å². The smallest absolute Gasteiger partial charge is 0.133 e. The van der Waals surface area contributed by atoms with Gasteiger partial charge < -0.3 is 4.74 Å². The second-order valence-electron chi connectivity index (χ2n) is 7.30. The highest BCUT2D eigenvalue weighted by atomic mass is 79.9. The summed E-state index contributed by atoms with van der Waals surface area (Å²) in [6.07, 6.45) is 7.22. The molecule has 4 aliphatic rings. The quantitative estimate of drug-likeness (QED) is 0.611. The number of benzene rings is 1. The van der Waals surface area contributed by atoms with E-state index in [1.807, 2.05) is 6.07 Å². The summed E-state index contributed by atoms with van der Waals surface area (Å²) in [6, 6.07) is 6.33. The Kier molecular flexibility index (Phi) is 3.74. The fourth-order valence-corrected chi connectivity index (χ4v) is 6.63. The maximum absolute atomic E-state index is 6.96. The van der Waals surface area contributed by atoms with Crippen LogP contribution in [0.15, 0.2) is 22.7 Å². The minimum Gasteiger partial charge on any atom is -0.496 e. The number of rotatable bonds is 3. The number of hydrogen-bond donors (Lipinski definition) is 0. The van der Waals surface area contributed by atoms with E-state index in [-0.39, 0.29) is 5.38 Å². The minimum absolute atomic E-state index is 0.155. The largest absolute Gasteiger partial charge is 0.496 e. The van der Waals surface area contributed by atoms with Gasteiger partial charge in [0.25, 0.3) is 0 Å². The fraction of sp³-hybridized carbons (Fsp3) is 0.667. The maximum Gasteiger partial charge on any atom is 0.133 e. The van der Waals surface area contributed by atoms with Gasteiger partial charge in [0, 0.05) is 0 Å². The molecule has 114 valence electrons. The summed E-state index contributed by atoms with van der Waals surface area (Å²) in [5, 5.41) is 0.155. The predicted octanol–water partition coefficient (Wildman–Crippen LogP) is 5.81. The van der Waals surface area contributed by atoms with Crippen LogP contribution in [-0.4, -0.2) is 7.11 Å². The van der Waals surface area contributed by atoms with Crippen LogP contribution in [-0.2, 0) is 0 Å². The normalized spacial score (nSPS) is 38.5. The molecule has 3 heteroatoms. The lowest BCUT2D eigenvalue weighted by molar-refractivity contribution is -0.0381. The van der Waals surface area contributed by atoms with Gasteiger partial charge in [0.2, 0.25) is 0 Å². The van der Waals surface area contributed by atoms with Crippen molar-refractivity contribution in [1.82, 2.24) is 0 Å². The van der Waals surface area contributed by atoms with E-state index in [4.69, 9.17) is 16.3 Å². The van der Waals surface area contributed by atoms with Crippen LogP contribution in [0.2, 0.25) is 0 Å². The van der Waals surface area contributed by atoms with Crippen molar-refractivity contribution in [2.24, 2.45) is 29.6 Å². The summed E-state index contributed by atoms with van der Waals surface area (Å²) < 4.78 is 6.34. The van der Waals surface area contributed by atoms with E-state index < -0.39 is 0 Å². The van der Waals surface area contributed by atoms with Gasteiger partial charge in [-0.1, -0.05) is 6.07 Å². The van der Waals surface area contributed by atoms with Gasteiger partial charge in [-0.2, -0.15) is 0 Å². The molecule has 1 unspecified atom stereocenters. The van der Waals surface area contributed by atoms with E-state index in [9.17, 15) is 0 Å². The molecular formula is C18H22BrClO. The Labute approximate surface area is 140 Å². The Morgan fingerprint density at radius 3 is 2.24 bits per heavy atom. The lowest BCUT2D eigenvalue weighted by atomic mass is 9.51. The van der Waals surface area contributed by atoms with Crippen LogP contribution in [0.3, 0.4) is 0 Å². The van der Waals surface area contributed by atoms with E-state index >= 15 is 0 Å². The second kappa shape index (κ2) is 5.45. The fourth-order valence-electron chi connectivity index (χ4n) is 5.52. The Morgan fingerprint density at radius 2 is 1.71 bits per heavy atom. The van der Waals surface area contributed by atoms with Gasteiger partial charge in [0.15, 0.2) is 0 Å². The van der Waals surface area contributed by atoms with Crippen LogP contribution in [0, 0.1) is 29.6 Å². The molecule has 4 aliphatic carbocycles. The number of halogens is 2. The number of alkyl halides is 1. The molecule has 1 nitrogen and oxygen atoms in total. The first kappa shape index (κ1) is 14.4. The molecule has 1 aromatic carbocycles. The first-order chi connectivity index (χ1) is 10.2. The summed E-state index contributed by atoms with van der Waals surface area (Å²) in [7, 11) is 1.70. The number of methoxy groups -OCH3 is 1. The van der Waals surface area contributed by atoms with Gasteiger partial charge in [-0.15, -0.1) is 11.6 Å². The topological polar surface area (TPSA) is 9.23 Å². The molecule has 4 bridgehead atoms. The third-order valence-corrected chi connectivity index (χ3v) is 7.29. The lowest BCUT2D eigenvalue weighted by Gasteiger charge is -2.55. The Bertz CT molecular complexity index is 516. The minimum atomic E-state index is 0.155. The van der Waals surface area contributed by atoms with Crippen LogP contribution < -0.4 is 4.74 Å². The summed E-state index contributed by atoms with van der Waals surface area (Å²) in [6.45, 7) is 0. The van der Waals surface area contributed by atoms with E-state index in [1.165, 1.54) is 37.7 Å². The molecule has 1 atom stereocenters. The van der Waals surface area contributed by atoms with Crippen molar-refractivity contribution in [3.63, 3.8) is 0 Å². The van der Waals surface area contributed by atoms with Gasteiger partial charge in [0.1, 0.15) is 5.75 Å². The highest BCUT2D eigenvalue weighted by Crippen LogP contribution is 2.60. The summed E-state index contributed by atoms with van der Waals surface area (Å²) in [5.41, 5.74) is 1.25. The Morgan fingerprint density at radius 1 is 1.10 bits per heavy atom. The van der Waals surface area contributed by atoms with E-state index in [0.29, 0.717) is 5.92 Å². The zero-order chi connectivity index (χ0) is 14.6. The van der Waals surface area contributed by atoms with Gasteiger partial charge in [-0.25, -0.2) is 0 Å². The molecular weight excluding hydrogens is 348 g/mol. The molecule has 0 aromatic heterocycles. The molecule has 0 saturated heterocycles. The van der Waals surface area contributed by atoms with Gasteiger partial charge in [-0.05, 0) is 95.3 Å². The third-order valence-electron chi connectivity index (χ3n) is 6.13. The maximum atomic E-state index is 6.96. The van der Waals surface area contributed by atoms with Crippen molar-refractivity contribution in [2.45, 2.75) is 37.5 Å². The van der Waals surface area contributed by atoms with Crippen LogP contribution >= 0.6 is 27.5 Å². The van der Waals surface area contributed by atoms with Crippen LogP contribution in [0.5, 0.6) is 5.75 Å². The average molecular weight is 370 g/mol. The first-order valence-electron chi connectivity index (χ1n) is 8.13. The van der Waals surface area contributed by atoms with E-state index in [2.05, 4.69) is 28.1 Å². The van der Waals surface area contributed by atoms with E-state index in [0.717, 1.165) is 33.9 Å². The number of ether oxygens (including phenoxy) is 1. The van der Waals surface area contributed by atoms with Crippen molar-refractivity contribution in [3.05, 3.63) is 28.2 Å². The van der Waals surface area contributed by atoms with Crippen LogP contribution in [0.25, 0.3) is 0 Å². The molecule has 0 aliphatic heterocycles. The summed E-state index contributed by atoms with van der Waals surface area (Å²) in [5.74, 6) is 5.31. The van der Waals surface area contributed by atoms with Gasteiger partial charge in [-0.3, -0.25) is 0 Å². The van der Waals surface area contributed by atoms with Crippen molar-refractivity contribution < 1.29 is 4.74 Å². The number of hydrogen-bond acceptors (Lipinski definition) is 1. The molecule has 0 radical (unpaired) electrons. The second-order valence-corrected chi connectivity index (χ2v) is 8.63. The van der Waals surface area contributed by atoms with Crippen molar-refractivity contribution in [2.75, 3.05) is 7.11 Å². The monoisotopic (exact) mass is 368 g/mol. The Hall–Kier alpha value is -0.210. The predicted molar refractivity (Wildman–Crippen MR) is 89.8 cm³/mol. The van der Waals surface area contributed by atoms with Crippen molar-refractivity contribution >= 4 is 27.5 Å². The Balaban J connectivity index is 1.60. The molecule has 0 spiro atoms. The van der Waals surface area contributed by atoms with E-state index in [1.54, 1.807) is 7.11 Å².